The van der Waals surface area contributed by atoms with Crippen LogP contribution in [0.2, 0.25) is 0 Å². The summed E-state index contributed by atoms with van der Waals surface area (Å²) < 4.78 is 7.88. The summed E-state index contributed by atoms with van der Waals surface area (Å²) in [7, 11) is 0. The highest BCUT2D eigenvalue weighted by molar-refractivity contribution is 5.74. The number of anilines is 1. The average Bonchev–Trinajstić information content (AvgIpc) is 3.16. The van der Waals surface area contributed by atoms with Crippen LogP contribution in [-0.2, 0) is 0 Å². The normalized spacial score (nSPS) is 19.1. The summed E-state index contributed by atoms with van der Waals surface area (Å²) in [6, 6.07) is 9.00. The zero-order valence-corrected chi connectivity index (χ0v) is 11.4. The molecule has 5 nitrogen and oxygen atoms in total. The fourth-order valence-corrected chi connectivity index (χ4v) is 2.76. The lowest BCUT2D eigenvalue weighted by molar-refractivity contribution is 0.490. The number of aromatic nitrogens is 3. The van der Waals surface area contributed by atoms with E-state index in [1.807, 2.05) is 30.5 Å². The molecule has 0 N–H and O–H groups in total. The molecule has 0 saturated carbocycles. The van der Waals surface area contributed by atoms with Gasteiger partial charge in [0.2, 0.25) is 0 Å². The number of hydrogen-bond acceptors (Lipinski definition) is 4. The Kier molecular flexibility index (Phi) is 2.52. The average molecular weight is 268 g/mol. The maximum Gasteiger partial charge on any atom is 0.298 e. The second-order valence-corrected chi connectivity index (χ2v) is 5.35. The van der Waals surface area contributed by atoms with E-state index in [1.54, 1.807) is 0 Å². The molecule has 102 valence electrons. The number of para-hydroxylation sites is 2. The van der Waals surface area contributed by atoms with Gasteiger partial charge >= 0.3 is 0 Å². The van der Waals surface area contributed by atoms with Gasteiger partial charge in [-0.25, -0.2) is 0 Å². The van der Waals surface area contributed by atoms with Crippen molar-refractivity contribution >= 4 is 17.1 Å². The summed E-state index contributed by atoms with van der Waals surface area (Å²) in [5.74, 6) is 0. The maximum absolute atomic E-state index is 5.83. The Morgan fingerprint density at radius 2 is 2.20 bits per heavy atom. The Labute approximate surface area is 116 Å². The predicted octanol–water partition coefficient (Wildman–Crippen LogP) is 2.78. The van der Waals surface area contributed by atoms with Crippen LogP contribution in [0.3, 0.4) is 0 Å². The SMILES string of the molecule is Cc1cnn(C2CCN(c3nc4ccccc4o3)C2)c1. The van der Waals surface area contributed by atoms with Gasteiger partial charge in [0.15, 0.2) is 5.58 Å². The molecule has 0 amide bonds. The molecule has 5 heteroatoms. The minimum absolute atomic E-state index is 0.402. The first kappa shape index (κ1) is 11.5. The molecule has 2 aromatic heterocycles. The van der Waals surface area contributed by atoms with Crippen molar-refractivity contribution in [2.75, 3.05) is 18.0 Å². The van der Waals surface area contributed by atoms with Crippen LogP contribution in [-0.4, -0.2) is 27.9 Å². The first-order valence-corrected chi connectivity index (χ1v) is 6.91. The standard InChI is InChI=1S/C15H16N4O/c1-11-8-16-19(9-11)12-6-7-18(10-12)15-17-13-4-2-3-5-14(13)20-15/h2-5,8-9,12H,6-7,10H2,1H3. The Balaban J connectivity index is 1.58. The summed E-state index contributed by atoms with van der Waals surface area (Å²) in [5, 5.41) is 4.41. The first-order valence-electron chi connectivity index (χ1n) is 6.91. The molecule has 3 aromatic rings. The van der Waals surface area contributed by atoms with Crippen molar-refractivity contribution in [3.8, 4) is 0 Å². The Bertz CT molecular complexity index is 712. The summed E-state index contributed by atoms with van der Waals surface area (Å²) >= 11 is 0. The minimum Gasteiger partial charge on any atom is -0.423 e. The van der Waals surface area contributed by atoms with Crippen molar-refractivity contribution in [2.24, 2.45) is 0 Å². The lowest BCUT2D eigenvalue weighted by atomic mass is 10.3. The molecular formula is C15H16N4O. The van der Waals surface area contributed by atoms with E-state index >= 15 is 0 Å². The third-order valence-corrected chi connectivity index (χ3v) is 3.82. The van der Waals surface area contributed by atoms with Gasteiger partial charge in [0.25, 0.3) is 6.01 Å². The van der Waals surface area contributed by atoms with E-state index in [9.17, 15) is 0 Å². The number of rotatable bonds is 2. The highest BCUT2D eigenvalue weighted by Gasteiger charge is 2.27. The highest BCUT2D eigenvalue weighted by atomic mass is 16.4. The quantitative estimate of drug-likeness (QED) is 0.717. The highest BCUT2D eigenvalue weighted by Crippen LogP contribution is 2.28. The molecule has 1 unspecified atom stereocenters. The molecule has 4 rings (SSSR count). The largest absolute Gasteiger partial charge is 0.423 e. The zero-order valence-electron chi connectivity index (χ0n) is 11.4. The molecule has 1 aromatic carbocycles. The number of oxazole rings is 1. The summed E-state index contributed by atoms with van der Waals surface area (Å²) in [6.07, 6.45) is 5.07. The fourth-order valence-electron chi connectivity index (χ4n) is 2.76. The second kappa shape index (κ2) is 4.37. The third kappa shape index (κ3) is 1.86. The van der Waals surface area contributed by atoms with Crippen LogP contribution in [0.5, 0.6) is 0 Å². The molecule has 0 radical (unpaired) electrons. The number of benzene rings is 1. The monoisotopic (exact) mass is 268 g/mol. The van der Waals surface area contributed by atoms with E-state index in [0.29, 0.717) is 6.04 Å². The van der Waals surface area contributed by atoms with Gasteiger partial charge in [0.05, 0.1) is 12.2 Å². The fraction of sp³-hybridized carbons (Fsp3) is 0.333. The molecule has 0 spiro atoms. The minimum atomic E-state index is 0.402. The zero-order chi connectivity index (χ0) is 13.5. The molecule has 3 heterocycles. The van der Waals surface area contributed by atoms with E-state index in [4.69, 9.17) is 4.42 Å². The van der Waals surface area contributed by atoms with Gasteiger partial charge in [-0.05, 0) is 31.0 Å². The molecule has 0 aliphatic carbocycles. The van der Waals surface area contributed by atoms with Crippen LogP contribution in [0.25, 0.3) is 11.1 Å². The Hall–Kier alpha value is -2.30. The maximum atomic E-state index is 5.83. The van der Waals surface area contributed by atoms with Crippen molar-refractivity contribution in [1.29, 1.82) is 0 Å². The van der Waals surface area contributed by atoms with E-state index in [0.717, 1.165) is 36.6 Å². The van der Waals surface area contributed by atoms with Gasteiger partial charge in [-0.2, -0.15) is 10.1 Å². The van der Waals surface area contributed by atoms with Gasteiger partial charge in [0, 0.05) is 19.3 Å². The van der Waals surface area contributed by atoms with Gasteiger partial charge in [-0.15, -0.1) is 0 Å². The van der Waals surface area contributed by atoms with Gasteiger partial charge in [-0.3, -0.25) is 4.68 Å². The van der Waals surface area contributed by atoms with E-state index in [2.05, 4.69) is 32.8 Å². The van der Waals surface area contributed by atoms with E-state index in [1.165, 1.54) is 5.56 Å². The van der Waals surface area contributed by atoms with Crippen molar-refractivity contribution < 1.29 is 4.42 Å². The van der Waals surface area contributed by atoms with Gasteiger partial charge in [0.1, 0.15) is 5.52 Å². The second-order valence-electron chi connectivity index (χ2n) is 5.35. The number of nitrogens with zero attached hydrogens (tertiary/aromatic N) is 4. The molecule has 0 bridgehead atoms. The van der Waals surface area contributed by atoms with Crippen LogP contribution >= 0.6 is 0 Å². The topological polar surface area (TPSA) is 47.1 Å². The van der Waals surface area contributed by atoms with Gasteiger partial charge in [-0.1, -0.05) is 12.1 Å². The summed E-state index contributed by atoms with van der Waals surface area (Å²) in [6.45, 7) is 3.92. The number of fused-ring (bicyclic) bond motifs is 1. The lowest BCUT2D eigenvalue weighted by Gasteiger charge is -2.13. The van der Waals surface area contributed by atoms with Crippen LogP contribution in [0.4, 0.5) is 6.01 Å². The molecule has 1 fully saturated rings. The van der Waals surface area contributed by atoms with Crippen LogP contribution in [0.1, 0.15) is 18.0 Å². The Morgan fingerprint density at radius 1 is 1.30 bits per heavy atom. The summed E-state index contributed by atoms with van der Waals surface area (Å²) in [4.78, 5) is 6.75. The van der Waals surface area contributed by atoms with E-state index < -0.39 is 0 Å². The van der Waals surface area contributed by atoms with Crippen molar-refractivity contribution in [3.05, 3.63) is 42.2 Å². The van der Waals surface area contributed by atoms with Crippen LogP contribution in [0, 0.1) is 6.92 Å². The molecule has 1 aliphatic heterocycles. The molecule has 20 heavy (non-hydrogen) atoms. The predicted molar refractivity (Wildman–Crippen MR) is 76.8 cm³/mol. The Morgan fingerprint density at radius 3 is 3.00 bits per heavy atom. The van der Waals surface area contributed by atoms with Crippen molar-refractivity contribution in [1.82, 2.24) is 14.8 Å². The first-order chi connectivity index (χ1) is 9.79. The smallest absolute Gasteiger partial charge is 0.298 e. The molecule has 1 aliphatic rings. The van der Waals surface area contributed by atoms with Crippen molar-refractivity contribution in [2.45, 2.75) is 19.4 Å². The van der Waals surface area contributed by atoms with Crippen LogP contribution < -0.4 is 4.90 Å². The number of aryl methyl sites for hydroxylation is 1. The van der Waals surface area contributed by atoms with Crippen molar-refractivity contribution in [3.63, 3.8) is 0 Å². The molecular weight excluding hydrogens is 252 g/mol. The molecule has 1 atom stereocenters. The number of hydrogen-bond donors (Lipinski definition) is 0. The summed E-state index contributed by atoms with van der Waals surface area (Å²) in [5.41, 5.74) is 2.96. The molecule has 1 saturated heterocycles. The van der Waals surface area contributed by atoms with Gasteiger partial charge < -0.3 is 9.32 Å². The van der Waals surface area contributed by atoms with E-state index in [-0.39, 0.29) is 0 Å². The lowest BCUT2D eigenvalue weighted by Crippen LogP contribution is -2.21. The third-order valence-electron chi connectivity index (χ3n) is 3.82. The van der Waals surface area contributed by atoms with Crippen LogP contribution in [0.15, 0.2) is 41.1 Å².